The number of aryl methyl sites for hydroxylation is 1. The van der Waals surface area contributed by atoms with Gasteiger partial charge in [0, 0.05) is 11.5 Å². The van der Waals surface area contributed by atoms with Crippen molar-refractivity contribution in [3.8, 4) is 0 Å². The second-order valence-corrected chi connectivity index (χ2v) is 4.84. The van der Waals surface area contributed by atoms with Crippen molar-refractivity contribution in [3.63, 3.8) is 0 Å². The summed E-state index contributed by atoms with van der Waals surface area (Å²) in [7, 11) is 1.98. The van der Waals surface area contributed by atoms with E-state index in [2.05, 4.69) is 36.5 Å². The highest BCUT2D eigenvalue weighted by Crippen LogP contribution is 2.54. The van der Waals surface area contributed by atoms with Crippen LogP contribution in [0.1, 0.15) is 36.9 Å². The van der Waals surface area contributed by atoms with Gasteiger partial charge in [-0.25, -0.2) is 0 Å². The van der Waals surface area contributed by atoms with Crippen LogP contribution in [0.2, 0.25) is 0 Å². The minimum atomic E-state index is 0.0997. The quantitative estimate of drug-likeness (QED) is 0.796. The predicted octanol–water partition coefficient (Wildman–Crippen LogP) is 2.28. The van der Waals surface area contributed by atoms with Gasteiger partial charge in [-0.2, -0.15) is 0 Å². The third-order valence-corrected chi connectivity index (χ3v) is 3.83. The number of hydrogen-bond donors (Lipinski definition) is 2. The van der Waals surface area contributed by atoms with E-state index >= 15 is 0 Å². The van der Waals surface area contributed by atoms with Gasteiger partial charge in [-0.3, -0.25) is 0 Å². The van der Waals surface area contributed by atoms with E-state index in [0.29, 0.717) is 6.04 Å². The first-order valence-electron chi connectivity index (χ1n) is 6.12. The molecular formula is C14H21NO. The number of aliphatic hydroxyl groups excluding tert-OH is 1. The van der Waals surface area contributed by atoms with E-state index in [1.807, 2.05) is 7.05 Å². The molecule has 0 radical (unpaired) electrons. The van der Waals surface area contributed by atoms with Gasteiger partial charge in [0.15, 0.2) is 0 Å². The van der Waals surface area contributed by atoms with Gasteiger partial charge in [0.2, 0.25) is 0 Å². The van der Waals surface area contributed by atoms with Crippen LogP contribution in [0.5, 0.6) is 0 Å². The summed E-state index contributed by atoms with van der Waals surface area (Å²) in [6, 6.07) is 9.05. The van der Waals surface area contributed by atoms with E-state index in [4.69, 9.17) is 0 Å². The maximum absolute atomic E-state index is 9.48. The molecule has 1 atom stereocenters. The SMILES string of the molecule is CCc1ccc(C(NC)C2(CO)CC2)cc1. The first-order valence-corrected chi connectivity index (χ1v) is 6.12. The minimum Gasteiger partial charge on any atom is -0.396 e. The zero-order chi connectivity index (χ0) is 11.6. The van der Waals surface area contributed by atoms with E-state index in [0.717, 1.165) is 19.3 Å². The molecule has 0 bridgehead atoms. The molecule has 1 aliphatic rings. The van der Waals surface area contributed by atoms with Crippen LogP contribution in [0, 0.1) is 5.41 Å². The van der Waals surface area contributed by atoms with Gasteiger partial charge in [-0.15, -0.1) is 0 Å². The van der Waals surface area contributed by atoms with Crippen molar-refractivity contribution in [2.24, 2.45) is 5.41 Å². The first-order chi connectivity index (χ1) is 7.75. The van der Waals surface area contributed by atoms with Gasteiger partial charge in [0.05, 0.1) is 6.61 Å². The summed E-state index contributed by atoms with van der Waals surface area (Å²) >= 11 is 0. The molecule has 1 aliphatic carbocycles. The number of nitrogens with one attached hydrogen (secondary N) is 1. The molecule has 0 heterocycles. The Bertz CT molecular complexity index is 340. The Balaban J connectivity index is 2.20. The van der Waals surface area contributed by atoms with Crippen molar-refractivity contribution in [2.75, 3.05) is 13.7 Å². The predicted molar refractivity (Wildman–Crippen MR) is 66.4 cm³/mol. The third kappa shape index (κ3) is 2.00. The zero-order valence-corrected chi connectivity index (χ0v) is 10.2. The van der Waals surface area contributed by atoms with Crippen LogP contribution in [0.3, 0.4) is 0 Å². The maximum Gasteiger partial charge on any atom is 0.0505 e. The Morgan fingerprint density at radius 2 is 1.94 bits per heavy atom. The molecule has 1 aromatic rings. The fourth-order valence-electron chi connectivity index (χ4n) is 2.47. The van der Waals surface area contributed by atoms with E-state index < -0.39 is 0 Å². The molecule has 2 heteroatoms. The first kappa shape index (κ1) is 11.6. The van der Waals surface area contributed by atoms with E-state index in [9.17, 15) is 5.11 Å². The molecular weight excluding hydrogens is 198 g/mol. The van der Waals surface area contributed by atoms with Crippen LogP contribution < -0.4 is 5.32 Å². The zero-order valence-electron chi connectivity index (χ0n) is 10.2. The largest absolute Gasteiger partial charge is 0.396 e. The second kappa shape index (κ2) is 4.56. The Hall–Kier alpha value is -0.860. The van der Waals surface area contributed by atoms with Crippen molar-refractivity contribution in [2.45, 2.75) is 32.2 Å². The Morgan fingerprint density at radius 3 is 2.31 bits per heavy atom. The standard InChI is InChI=1S/C14H21NO/c1-3-11-4-6-12(7-5-11)13(15-2)14(10-16)8-9-14/h4-7,13,15-16H,3,8-10H2,1-2H3. The van der Waals surface area contributed by atoms with E-state index in [-0.39, 0.29) is 12.0 Å². The molecule has 1 unspecified atom stereocenters. The van der Waals surface area contributed by atoms with Gasteiger partial charge in [0.1, 0.15) is 0 Å². The number of hydrogen-bond acceptors (Lipinski definition) is 2. The van der Waals surface area contributed by atoms with Gasteiger partial charge in [0.25, 0.3) is 0 Å². The van der Waals surface area contributed by atoms with Gasteiger partial charge in [-0.1, -0.05) is 31.2 Å². The summed E-state index contributed by atoms with van der Waals surface area (Å²) in [5, 5.41) is 12.8. The van der Waals surface area contributed by atoms with E-state index in [1.165, 1.54) is 11.1 Å². The van der Waals surface area contributed by atoms with Crippen molar-refractivity contribution < 1.29 is 5.11 Å². The average Bonchev–Trinajstić information content (AvgIpc) is 3.12. The maximum atomic E-state index is 9.48. The minimum absolute atomic E-state index is 0.0997. The lowest BCUT2D eigenvalue weighted by Crippen LogP contribution is -2.29. The lowest BCUT2D eigenvalue weighted by molar-refractivity contribution is 0.175. The van der Waals surface area contributed by atoms with Gasteiger partial charge >= 0.3 is 0 Å². The summed E-state index contributed by atoms with van der Waals surface area (Å²) in [4.78, 5) is 0. The fourth-order valence-corrected chi connectivity index (χ4v) is 2.47. The van der Waals surface area contributed by atoms with Crippen LogP contribution in [-0.4, -0.2) is 18.8 Å². The normalized spacial score (nSPS) is 19.4. The lowest BCUT2D eigenvalue weighted by atomic mass is 9.90. The molecule has 0 aliphatic heterocycles. The average molecular weight is 219 g/mol. The molecule has 0 aromatic heterocycles. The molecule has 2 rings (SSSR count). The highest BCUT2D eigenvalue weighted by atomic mass is 16.3. The van der Waals surface area contributed by atoms with Crippen molar-refractivity contribution in [1.29, 1.82) is 0 Å². The summed E-state index contributed by atoms with van der Waals surface area (Å²) in [6.45, 7) is 2.45. The molecule has 0 saturated heterocycles. The lowest BCUT2D eigenvalue weighted by Gasteiger charge is -2.25. The Kier molecular flexibility index (Phi) is 3.31. The van der Waals surface area contributed by atoms with Crippen LogP contribution in [-0.2, 0) is 6.42 Å². The molecule has 88 valence electrons. The topological polar surface area (TPSA) is 32.3 Å². The number of benzene rings is 1. The molecule has 2 N–H and O–H groups in total. The van der Waals surface area contributed by atoms with E-state index in [1.54, 1.807) is 0 Å². The smallest absolute Gasteiger partial charge is 0.0505 e. The Morgan fingerprint density at radius 1 is 1.31 bits per heavy atom. The third-order valence-electron chi connectivity index (χ3n) is 3.83. The molecule has 1 fully saturated rings. The van der Waals surface area contributed by atoms with Crippen molar-refractivity contribution in [1.82, 2.24) is 5.32 Å². The van der Waals surface area contributed by atoms with Crippen LogP contribution >= 0.6 is 0 Å². The van der Waals surface area contributed by atoms with Crippen molar-refractivity contribution in [3.05, 3.63) is 35.4 Å². The van der Waals surface area contributed by atoms with Gasteiger partial charge < -0.3 is 10.4 Å². The number of aliphatic hydroxyl groups is 1. The molecule has 0 amide bonds. The number of rotatable bonds is 5. The summed E-state index contributed by atoms with van der Waals surface area (Å²) in [5.41, 5.74) is 2.77. The summed E-state index contributed by atoms with van der Waals surface area (Å²) in [5.74, 6) is 0. The highest BCUT2D eigenvalue weighted by Gasteiger charge is 2.48. The highest BCUT2D eigenvalue weighted by molar-refractivity contribution is 5.28. The molecule has 2 nitrogen and oxygen atoms in total. The van der Waals surface area contributed by atoms with Crippen molar-refractivity contribution >= 4 is 0 Å². The molecule has 1 aromatic carbocycles. The molecule has 0 spiro atoms. The molecule has 1 saturated carbocycles. The Labute approximate surface area is 97.7 Å². The molecule has 16 heavy (non-hydrogen) atoms. The van der Waals surface area contributed by atoms with Crippen LogP contribution in [0.15, 0.2) is 24.3 Å². The van der Waals surface area contributed by atoms with Gasteiger partial charge in [-0.05, 0) is 37.4 Å². The summed E-state index contributed by atoms with van der Waals surface area (Å²) < 4.78 is 0. The van der Waals surface area contributed by atoms with Crippen LogP contribution in [0.25, 0.3) is 0 Å². The second-order valence-electron chi connectivity index (χ2n) is 4.84. The summed E-state index contributed by atoms with van der Waals surface area (Å²) in [6.07, 6.45) is 3.34. The fraction of sp³-hybridized carbons (Fsp3) is 0.571. The monoisotopic (exact) mass is 219 g/mol. The van der Waals surface area contributed by atoms with Crippen LogP contribution in [0.4, 0.5) is 0 Å².